The first-order chi connectivity index (χ1) is 8.66. The predicted molar refractivity (Wildman–Crippen MR) is 50.3 cm³/mol. The molecule has 0 bridgehead atoms. The van der Waals surface area contributed by atoms with Gasteiger partial charge in [-0.2, -0.15) is 18.4 Å². The summed E-state index contributed by atoms with van der Waals surface area (Å²) >= 11 is 0. The van der Waals surface area contributed by atoms with Crippen LogP contribution in [0.1, 0.15) is 28.9 Å². The highest BCUT2D eigenvalue weighted by molar-refractivity contribution is 5.71. The van der Waals surface area contributed by atoms with Crippen LogP contribution in [-0.4, -0.2) is 16.1 Å². The number of aromatic nitrogens is 1. The van der Waals surface area contributed by atoms with Crippen molar-refractivity contribution in [1.29, 1.82) is 5.26 Å². The number of pyridine rings is 1. The third kappa shape index (κ3) is 3.37. The molecule has 1 N–H and O–H groups in total. The summed E-state index contributed by atoms with van der Waals surface area (Å²) in [5.41, 5.74) is -5.05. The SMILES string of the molecule is N#Cc1cc(CC(=O)O)c(C(F)(F)F)c(C(F)F)n1. The highest BCUT2D eigenvalue weighted by Crippen LogP contribution is 2.38. The molecule has 4 nitrogen and oxygen atoms in total. The summed E-state index contributed by atoms with van der Waals surface area (Å²) in [4.78, 5) is 13.4. The third-order valence-electron chi connectivity index (χ3n) is 2.08. The van der Waals surface area contributed by atoms with Crippen molar-refractivity contribution in [2.24, 2.45) is 0 Å². The lowest BCUT2D eigenvalue weighted by atomic mass is 10.0. The number of nitriles is 1. The molecule has 1 aromatic rings. The minimum absolute atomic E-state index is 0.544. The molecule has 0 unspecified atom stereocenters. The fourth-order valence-electron chi connectivity index (χ4n) is 1.46. The van der Waals surface area contributed by atoms with Gasteiger partial charge in [-0.15, -0.1) is 0 Å². The number of nitrogens with zero attached hydrogens (tertiary/aromatic N) is 2. The molecule has 0 aliphatic rings. The van der Waals surface area contributed by atoms with Crippen LogP contribution in [-0.2, 0) is 17.4 Å². The van der Waals surface area contributed by atoms with Crippen LogP contribution in [0, 0.1) is 11.3 Å². The highest BCUT2D eigenvalue weighted by Gasteiger charge is 2.40. The summed E-state index contributed by atoms with van der Waals surface area (Å²) in [6, 6.07) is 1.85. The van der Waals surface area contributed by atoms with Gasteiger partial charge < -0.3 is 5.11 Å². The second-order valence-electron chi connectivity index (χ2n) is 3.41. The molecule has 102 valence electrons. The van der Waals surface area contributed by atoms with Gasteiger partial charge in [0.25, 0.3) is 6.43 Å². The Balaban J connectivity index is 3.62. The molecule has 1 aromatic heterocycles. The fraction of sp³-hybridized carbons (Fsp3) is 0.300. The Morgan fingerprint density at radius 2 is 2.05 bits per heavy atom. The molecule has 0 aromatic carbocycles. The van der Waals surface area contributed by atoms with Gasteiger partial charge in [0.1, 0.15) is 17.5 Å². The standard InChI is InChI=1S/C10H5F5N2O2/c11-9(12)8-7(10(13,14)15)4(2-6(18)19)1-5(3-16)17-8/h1,9H,2H2,(H,18,19). The van der Waals surface area contributed by atoms with E-state index in [1.165, 1.54) is 6.07 Å². The lowest BCUT2D eigenvalue weighted by Crippen LogP contribution is -2.18. The van der Waals surface area contributed by atoms with Crippen molar-refractivity contribution < 1.29 is 31.9 Å². The quantitative estimate of drug-likeness (QED) is 0.863. The van der Waals surface area contributed by atoms with Crippen LogP contribution < -0.4 is 0 Å². The number of carboxylic acids is 1. The van der Waals surface area contributed by atoms with E-state index >= 15 is 0 Å². The first-order valence-electron chi connectivity index (χ1n) is 4.68. The smallest absolute Gasteiger partial charge is 0.418 e. The summed E-state index contributed by atoms with van der Waals surface area (Å²) in [6.07, 6.45) is -9.89. The van der Waals surface area contributed by atoms with E-state index in [0.717, 1.165) is 0 Å². The average molecular weight is 280 g/mol. The number of hydrogen-bond acceptors (Lipinski definition) is 3. The Morgan fingerprint density at radius 1 is 1.47 bits per heavy atom. The first kappa shape index (κ1) is 14.8. The highest BCUT2D eigenvalue weighted by atomic mass is 19.4. The van der Waals surface area contributed by atoms with Gasteiger partial charge >= 0.3 is 12.1 Å². The van der Waals surface area contributed by atoms with Gasteiger partial charge in [-0.05, 0) is 11.6 Å². The number of hydrogen-bond donors (Lipinski definition) is 1. The van der Waals surface area contributed by atoms with Gasteiger partial charge in [0, 0.05) is 0 Å². The summed E-state index contributed by atoms with van der Waals surface area (Å²) in [5, 5.41) is 17.0. The molecule has 0 saturated carbocycles. The molecular formula is C10H5F5N2O2. The fourth-order valence-corrected chi connectivity index (χ4v) is 1.46. The van der Waals surface area contributed by atoms with Crippen molar-refractivity contribution in [3.63, 3.8) is 0 Å². The number of rotatable bonds is 3. The van der Waals surface area contributed by atoms with Crippen LogP contribution in [0.25, 0.3) is 0 Å². The van der Waals surface area contributed by atoms with Gasteiger partial charge in [-0.3, -0.25) is 4.79 Å². The maximum atomic E-state index is 12.7. The lowest BCUT2D eigenvalue weighted by molar-refractivity contribution is -0.141. The number of carboxylic acid groups (broad SMARTS) is 1. The number of aliphatic carboxylic acids is 1. The van der Waals surface area contributed by atoms with E-state index in [4.69, 9.17) is 10.4 Å². The maximum absolute atomic E-state index is 12.7. The van der Waals surface area contributed by atoms with Crippen LogP contribution in [0.2, 0.25) is 0 Å². The molecule has 0 aliphatic heterocycles. The topological polar surface area (TPSA) is 74.0 Å². The van der Waals surface area contributed by atoms with Crippen LogP contribution in [0.15, 0.2) is 6.07 Å². The monoisotopic (exact) mass is 280 g/mol. The van der Waals surface area contributed by atoms with E-state index in [0.29, 0.717) is 6.07 Å². The Bertz CT molecular complexity index is 548. The van der Waals surface area contributed by atoms with Gasteiger partial charge in [0.2, 0.25) is 0 Å². The number of carbonyl (C=O) groups is 1. The zero-order chi connectivity index (χ0) is 14.8. The molecule has 0 aliphatic carbocycles. The molecule has 0 amide bonds. The van der Waals surface area contributed by atoms with Crippen LogP contribution in [0.5, 0.6) is 0 Å². The molecule has 0 fully saturated rings. The van der Waals surface area contributed by atoms with Gasteiger partial charge in [-0.25, -0.2) is 13.8 Å². The van der Waals surface area contributed by atoms with Gasteiger partial charge in [0.15, 0.2) is 0 Å². The zero-order valence-corrected chi connectivity index (χ0v) is 9.00. The summed E-state index contributed by atoms with van der Waals surface area (Å²) in [6.45, 7) is 0. The Kier molecular flexibility index (Phi) is 4.04. The zero-order valence-electron chi connectivity index (χ0n) is 9.00. The van der Waals surface area contributed by atoms with E-state index in [2.05, 4.69) is 4.98 Å². The second kappa shape index (κ2) is 5.17. The molecular weight excluding hydrogens is 275 g/mol. The molecule has 0 atom stereocenters. The van der Waals surface area contributed by atoms with E-state index in [9.17, 15) is 26.7 Å². The maximum Gasteiger partial charge on any atom is 0.418 e. The van der Waals surface area contributed by atoms with Gasteiger partial charge in [-0.1, -0.05) is 0 Å². The third-order valence-corrected chi connectivity index (χ3v) is 2.08. The largest absolute Gasteiger partial charge is 0.481 e. The Labute approximate surface area is 103 Å². The van der Waals surface area contributed by atoms with Crippen LogP contribution in [0.4, 0.5) is 22.0 Å². The summed E-state index contributed by atoms with van der Waals surface area (Å²) in [5.74, 6) is -1.64. The molecule has 1 rings (SSSR count). The molecule has 19 heavy (non-hydrogen) atoms. The van der Waals surface area contributed by atoms with Crippen molar-refractivity contribution in [2.75, 3.05) is 0 Å². The second-order valence-corrected chi connectivity index (χ2v) is 3.41. The summed E-state index contributed by atoms with van der Waals surface area (Å²) in [7, 11) is 0. The Hall–Kier alpha value is -2.24. The molecule has 9 heteroatoms. The first-order valence-corrected chi connectivity index (χ1v) is 4.68. The van der Waals surface area contributed by atoms with Crippen molar-refractivity contribution in [2.45, 2.75) is 19.0 Å². The van der Waals surface area contributed by atoms with Crippen LogP contribution in [0.3, 0.4) is 0 Å². The average Bonchev–Trinajstić information content (AvgIpc) is 2.25. The minimum atomic E-state index is -5.18. The molecule has 0 spiro atoms. The normalized spacial score (nSPS) is 11.4. The summed E-state index contributed by atoms with van der Waals surface area (Å²) < 4.78 is 63.3. The van der Waals surface area contributed by atoms with Crippen molar-refractivity contribution in [1.82, 2.24) is 4.98 Å². The number of alkyl halides is 5. The number of halogens is 5. The lowest BCUT2D eigenvalue weighted by Gasteiger charge is -2.15. The minimum Gasteiger partial charge on any atom is -0.481 e. The van der Waals surface area contributed by atoms with E-state index < -0.39 is 47.5 Å². The Morgan fingerprint density at radius 3 is 2.42 bits per heavy atom. The predicted octanol–water partition coefficient (Wildman–Crippen LogP) is 2.54. The van der Waals surface area contributed by atoms with Gasteiger partial charge in [0.05, 0.1) is 12.0 Å². The molecule has 1 heterocycles. The van der Waals surface area contributed by atoms with E-state index in [1.807, 2.05) is 0 Å². The van der Waals surface area contributed by atoms with E-state index in [-0.39, 0.29) is 0 Å². The molecule has 0 radical (unpaired) electrons. The van der Waals surface area contributed by atoms with Crippen molar-refractivity contribution in [3.05, 3.63) is 28.6 Å². The molecule has 0 saturated heterocycles. The van der Waals surface area contributed by atoms with Crippen molar-refractivity contribution in [3.8, 4) is 6.07 Å². The van der Waals surface area contributed by atoms with Crippen molar-refractivity contribution >= 4 is 5.97 Å². The van der Waals surface area contributed by atoms with Crippen LogP contribution >= 0.6 is 0 Å². The van der Waals surface area contributed by atoms with E-state index in [1.54, 1.807) is 0 Å².